The summed E-state index contributed by atoms with van der Waals surface area (Å²) in [6, 6.07) is 0. The van der Waals surface area contributed by atoms with E-state index in [4.69, 9.17) is 0 Å². The summed E-state index contributed by atoms with van der Waals surface area (Å²) in [7, 11) is 0. The van der Waals surface area contributed by atoms with E-state index in [0.29, 0.717) is 0 Å². The SMILES string of the molecule is CCCC1=CC=CCN1. The van der Waals surface area contributed by atoms with Gasteiger partial charge in [-0.15, -0.1) is 0 Å². The molecule has 0 amide bonds. The van der Waals surface area contributed by atoms with E-state index in [1.165, 1.54) is 18.5 Å². The maximum absolute atomic E-state index is 3.29. The molecule has 1 N–H and O–H groups in total. The average molecular weight is 123 g/mol. The number of nitrogens with one attached hydrogen (secondary N) is 1. The molecule has 1 heteroatoms. The molecule has 0 bridgehead atoms. The monoisotopic (exact) mass is 123 g/mol. The van der Waals surface area contributed by atoms with Crippen molar-refractivity contribution in [1.29, 1.82) is 0 Å². The lowest BCUT2D eigenvalue weighted by molar-refractivity contribution is 0.776. The first-order valence-corrected chi connectivity index (χ1v) is 3.53. The first kappa shape index (κ1) is 6.40. The maximum Gasteiger partial charge on any atom is 0.0330 e. The van der Waals surface area contributed by atoms with Crippen LogP contribution >= 0.6 is 0 Å². The number of hydrogen-bond donors (Lipinski definition) is 1. The van der Waals surface area contributed by atoms with E-state index in [1.54, 1.807) is 0 Å². The molecule has 1 heterocycles. The molecule has 1 nitrogen and oxygen atoms in total. The van der Waals surface area contributed by atoms with Crippen LogP contribution in [0.3, 0.4) is 0 Å². The Balaban J connectivity index is 2.38. The van der Waals surface area contributed by atoms with Crippen molar-refractivity contribution in [1.82, 2.24) is 5.32 Å². The van der Waals surface area contributed by atoms with Gasteiger partial charge in [-0.3, -0.25) is 0 Å². The summed E-state index contributed by atoms with van der Waals surface area (Å²) in [4.78, 5) is 0. The van der Waals surface area contributed by atoms with E-state index in [-0.39, 0.29) is 0 Å². The van der Waals surface area contributed by atoms with Gasteiger partial charge in [0.2, 0.25) is 0 Å². The predicted molar refractivity (Wildman–Crippen MR) is 40.1 cm³/mol. The molecule has 0 fully saturated rings. The summed E-state index contributed by atoms with van der Waals surface area (Å²) >= 11 is 0. The van der Waals surface area contributed by atoms with E-state index in [2.05, 4.69) is 30.5 Å². The third-order valence-corrected chi connectivity index (χ3v) is 1.40. The molecule has 0 unspecified atom stereocenters. The fourth-order valence-electron chi connectivity index (χ4n) is 0.942. The first-order chi connectivity index (χ1) is 4.43. The van der Waals surface area contributed by atoms with Crippen molar-refractivity contribution in [2.45, 2.75) is 19.8 Å². The highest BCUT2D eigenvalue weighted by atomic mass is 14.9. The molecule has 0 saturated heterocycles. The minimum Gasteiger partial charge on any atom is -0.385 e. The van der Waals surface area contributed by atoms with Gasteiger partial charge in [-0.2, -0.15) is 0 Å². The molecule has 0 aliphatic carbocycles. The van der Waals surface area contributed by atoms with Gasteiger partial charge >= 0.3 is 0 Å². The predicted octanol–water partition coefficient (Wildman–Crippen LogP) is 1.83. The lowest BCUT2D eigenvalue weighted by Crippen LogP contribution is -2.14. The zero-order valence-electron chi connectivity index (χ0n) is 5.85. The Labute approximate surface area is 56.5 Å². The highest BCUT2D eigenvalue weighted by Crippen LogP contribution is 2.03. The molecule has 9 heavy (non-hydrogen) atoms. The second kappa shape index (κ2) is 3.33. The second-order valence-electron chi connectivity index (χ2n) is 2.25. The number of rotatable bonds is 2. The molecule has 1 aliphatic heterocycles. The molecule has 0 aromatic rings. The van der Waals surface area contributed by atoms with Crippen molar-refractivity contribution >= 4 is 0 Å². The summed E-state index contributed by atoms with van der Waals surface area (Å²) in [5.74, 6) is 0. The zero-order chi connectivity index (χ0) is 6.53. The van der Waals surface area contributed by atoms with Gasteiger partial charge in [0.25, 0.3) is 0 Å². The summed E-state index contributed by atoms with van der Waals surface area (Å²) in [6.45, 7) is 3.20. The maximum atomic E-state index is 3.29. The van der Waals surface area contributed by atoms with Crippen molar-refractivity contribution in [2.75, 3.05) is 6.54 Å². The van der Waals surface area contributed by atoms with Gasteiger partial charge in [-0.1, -0.05) is 25.5 Å². The quantitative estimate of drug-likeness (QED) is 0.590. The van der Waals surface area contributed by atoms with Crippen LogP contribution < -0.4 is 5.32 Å². The van der Waals surface area contributed by atoms with Gasteiger partial charge in [-0.05, 0) is 12.5 Å². The topological polar surface area (TPSA) is 12.0 Å². The Morgan fingerprint density at radius 2 is 2.56 bits per heavy atom. The Morgan fingerprint density at radius 3 is 3.11 bits per heavy atom. The third kappa shape index (κ3) is 1.92. The van der Waals surface area contributed by atoms with Crippen LogP contribution in [-0.4, -0.2) is 6.54 Å². The highest BCUT2D eigenvalue weighted by molar-refractivity contribution is 5.16. The van der Waals surface area contributed by atoms with E-state index >= 15 is 0 Å². The summed E-state index contributed by atoms with van der Waals surface area (Å²) in [5, 5.41) is 3.29. The molecule has 0 aromatic carbocycles. The first-order valence-electron chi connectivity index (χ1n) is 3.53. The van der Waals surface area contributed by atoms with Gasteiger partial charge < -0.3 is 5.32 Å². The van der Waals surface area contributed by atoms with Crippen LogP contribution in [0.5, 0.6) is 0 Å². The van der Waals surface area contributed by atoms with Crippen molar-refractivity contribution in [2.24, 2.45) is 0 Å². The molecule has 0 radical (unpaired) electrons. The van der Waals surface area contributed by atoms with Crippen molar-refractivity contribution in [3.63, 3.8) is 0 Å². The molecule has 1 aliphatic rings. The third-order valence-electron chi connectivity index (χ3n) is 1.40. The fraction of sp³-hybridized carbons (Fsp3) is 0.500. The lowest BCUT2D eigenvalue weighted by Gasteiger charge is -2.09. The van der Waals surface area contributed by atoms with E-state index < -0.39 is 0 Å². The summed E-state index contributed by atoms with van der Waals surface area (Å²) in [5.41, 5.74) is 1.38. The van der Waals surface area contributed by atoms with Crippen LogP contribution in [0.2, 0.25) is 0 Å². The van der Waals surface area contributed by atoms with Crippen LogP contribution in [0.4, 0.5) is 0 Å². The molecule has 50 valence electrons. The smallest absolute Gasteiger partial charge is 0.0330 e. The van der Waals surface area contributed by atoms with Crippen molar-refractivity contribution < 1.29 is 0 Å². The second-order valence-corrected chi connectivity index (χ2v) is 2.25. The van der Waals surface area contributed by atoms with Crippen LogP contribution in [0.1, 0.15) is 19.8 Å². The number of allylic oxidation sites excluding steroid dienone is 3. The van der Waals surface area contributed by atoms with E-state index in [0.717, 1.165) is 6.54 Å². The highest BCUT2D eigenvalue weighted by Gasteiger charge is 1.93. The largest absolute Gasteiger partial charge is 0.385 e. The normalized spacial score (nSPS) is 16.8. The average Bonchev–Trinajstić information content (AvgIpc) is 1.91. The van der Waals surface area contributed by atoms with Gasteiger partial charge in [-0.25, -0.2) is 0 Å². The van der Waals surface area contributed by atoms with Crippen LogP contribution in [0.15, 0.2) is 23.9 Å². The molecule has 1 rings (SSSR count). The minimum atomic E-state index is 1.01. The zero-order valence-corrected chi connectivity index (χ0v) is 5.85. The number of hydrogen-bond acceptors (Lipinski definition) is 1. The fourth-order valence-corrected chi connectivity index (χ4v) is 0.942. The minimum absolute atomic E-state index is 1.01. The lowest BCUT2D eigenvalue weighted by atomic mass is 10.2. The van der Waals surface area contributed by atoms with Gasteiger partial charge in [0.1, 0.15) is 0 Å². The molecule has 0 spiro atoms. The Morgan fingerprint density at radius 1 is 1.67 bits per heavy atom. The van der Waals surface area contributed by atoms with Crippen LogP contribution in [0, 0.1) is 0 Å². The number of dihydropyridines is 1. The van der Waals surface area contributed by atoms with Gasteiger partial charge in [0, 0.05) is 12.2 Å². The summed E-state index contributed by atoms with van der Waals surface area (Å²) in [6.07, 6.45) is 8.80. The van der Waals surface area contributed by atoms with Crippen LogP contribution in [0.25, 0.3) is 0 Å². The molecular formula is C8H13N. The molecular weight excluding hydrogens is 110 g/mol. The molecule has 0 atom stereocenters. The Bertz CT molecular complexity index is 134. The summed E-state index contributed by atoms with van der Waals surface area (Å²) < 4.78 is 0. The van der Waals surface area contributed by atoms with Crippen LogP contribution in [-0.2, 0) is 0 Å². The van der Waals surface area contributed by atoms with Crippen molar-refractivity contribution in [3.05, 3.63) is 23.9 Å². The van der Waals surface area contributed by atoms with E-state index in [9.17, 15) is 0 Å². The van der Waals surface area contributed by atoms with Gasteiger partial charge in [0.15, 0.2) is 0 Å². The molecule has 0 aromatic heterocycles. The Hall–Kier alpha value is -0.720. The molecule has 0 saturated carbocycles. The standard InChI is InChI=1S/C8H13N/c1-2-5-8-6-3-4-7-9-8/h3-4,6,9H,2,5,7H2,1H3. The van der Waals surface area contributed by atoms with E-state index in [1.807, 2.05) is 0 Å². The van der Waals surface area contributed by atoms with Crippen molar-refractivity contribution in [3.8, 4) is 0 Å². The Kier molecular flexibility index (Phi) is 2.37. The van der Waals surface area contributed by atoms with Gasteiger partial charge in [0.05, 0.1) is 0 Å².